The van der Waals surface area contributed by atoms with Crippen molar-refractivity contribution in [2.75, 3.05) is 12.8 Å². The fourth-order valence-corrected chi connectivity index (χ4v) is 2.91. The second-order valence-corrected chi connectivity index (χ2v) is 6.46. The lowest BCUT2D eigenvalue weighted by atomic mass is 9.95. The van der Waals surface area contributed by atoms with Crippen LogP contribution in [0.25, 0.3) is 0 Å². The second kappa shape index (κ2) is 7.67. The van der Waals surface area contributed by atoms with E-state index in [2.05, 4.69) is 80.9 Å². The van der Waals surface area contributed by atoms with Crippen molar-refractivity contribution in [1.29, 1.82) is 0 Å². The van der Waals surface area contributed by atoms with Gasteiger partial charge in [-0.15, -0.1) is 11.8 Å². The van der Waals surface area contributed by atoms with Crippen molar-refractivity contribution in [3.05, 3.63) is 65.2 Å². The zero-order valence-corrected chi connectivity index (χ0v) is 14.2. The molecule has 0 fully saturated rings. The van der Waals surface area contributed by atoms with Crippen LogP contribution in [-0.2, 0) is 0 Å². The molecule has 0 aliphatic heterocycles. The molecule has 0 heterocycles. The van der Waals surface area contributed by atoms with E-state index in [1.807, 2.05) is 0 Å². The van der Waals surface area contributed by atoms with Crippen LogP contribution in [0.15, 0.2) is 53.4 Å². The van der Waals surface area contributed by atoms with E-state index >= 15 is 0 Å². The molecule has 2 aromatic rings. The van der Waals surface area contributed by atoms with Crippen molar-refractivity contribution in [1.82, 2.24) is 5.32 Å². The van der Waals surface area contributed by atoms with Crippen LogP contribution in [0.2, 0.25) is 0 Å². The first-order chi connectivity index (χ1) is 10.2. The van der Waals surface area contributed by atoms with E-state index in [1.54, 1.807) is 11.8 Å². The van der Waals surface area contributed by atoms with E-state index in [-0.39, 0.29) is 6.04 Å². The van der Waals surface area contributed by atoms with Crippen LogP contribution in [-0.4, -0.2) is 12.8 Å². The molecule has 1 atom stereocenters. The molecule has 2 aromatic carbocycles. The molecule has 0 aromatic heterocycles. The minimum absolute atomic E-state index is 0.270. The number of hydrogen-bond acceptors (Lipinski definition) is 2. The summed E-state index contributed by atoms with van der Waals surface area (Å²) in [5.41, 5.74) is 4.05. The highest BCUT2D eigenvalue weighted by atomic mass is 32.2. The number of thioether (sulfide) groups is 1. The van der Waals surface area contributed by atoms with Crippen molar-refractivity contribution in [2.45, 2.75) is 37.6 Å². The number of rotatable bonds is 6. The van der Waals surface area contributed by atoms with Crippen LogP contribution < -0.4 is 5.32 Å². The molecule has 0 amide bonds. The van der Waals surface area contributed by atoms with Gasteiger partial charge in [0.15, 0.2) is 0 Å². The quantitative estimate of drug-likeness (QED) is 0.733. The second-order valence-electron chi connectivity index (χ2n) is 5.59. The number of hydrogen-bond donors (Lipinski definition) is 1. The third kappa shape index (κ3) is 4.12. The van der Waals surface area contributed by atoms with Crippen LogP contribution in [0, 0.1) is 0 Å². The molecule has 0 saturated heterocycles. The fraction of sp³-hybridized carbons (Fsp3) is 0.368. The summed E-state index contributed by atoms with van der Waals surface area (Å²) in [7, 11) is 0. The molecular weight excluding hydrogens is 274 g/mol. The van der Waals surface area contributed by atoms with Crippen LogP contribution >= 0.6 is 11.8 Å². The van der Waals surface area contributed by atoms with Crippen LogP contribution in [0.5, 0.6) is 0 Å². The van der Waals surface area contributed by atoms with Crippen molar-refractivity contribution in [2.24, 2.45) is 0 Å². The van der Waals surface area contributed by atoms with E-state index in [0.717, 1.165) is 6.54 Å². The van der Waals surface area contributed by atoms with E-state index in [9.17, 15) is 0 Å². The summed E-state index contributed by atoms with van der Waals surface area (Å²) in [6.45, 7) is 7.59. The lowest BCUT2D eigenvalue weighted by molar-refractivity contribution is 0.630. The summed E-state index contributed by atoms with van der Waals surface area (Å²) in [6, 6.07) is 18.1. The maximum atomic E-state index is 3.59. The van der Waals surface area contributed by atoms with Gasteiger partial charge in [0.25, 0.3) is 0 Å². The first-order valence-corrected chi connectivity index (χ1v) is 8.85. The summed E-state index contributed by atoms with van der Waals surface area (Å²) >= 11 is 1.78. The molecule has 1 N–H and O–H groups in total. The minimum Gasteiger partial charge on any atom is -0.307 e. The smallest absolute Gasteiger partial charge is 0.0576 e. The Labute approximate surface area is 133 Å². The van der Waals surface area contributed by atoms with Gasteiger partial charge in [0.1, 0.15) is 0 Å². The normalized spacial score (nSPS) is 12.6. The Hall–Kier alpha value is -1.25. The maximum Gasteiger partial charge on any atom is 0.0576 e. The standard InChI is InChI=1S/C19H25NS/c1-5-20-19(17-10-12-18(21-4)13-11-17)16-8-6-15(7-9-16)14(2)3/h6-14,19-20H,5H2,1-4H3. The van der Waals surface area contributed by atoms with E-state index in [4.69, 9.17) is 0 Å². The van der Waals surface area contributed by atoms with Gasteiger partial charge in [-0.25, -0.2) is 0 Å². The fourth-order valence-electron chi connectivity index (χ4n) is 2.50. The molecule has 1 nitrogen and oxygen atoms in total. The van der Waals surface area contributed by atoms with Gasteiger partial charge in [-0.05, 0) is 47.5 Å². The van der Waals surface area contributed by atoms with Crippen LogP contribution in [0.1, 0.15) is 49.4 Å². The van der Waals surface area contributed by atoms with Gasteiger partial charge in [0.05, 0.1) is 6.04 Å². The van der Waals surface area contributed by atoms with Crippen molar-refractivity contribution in [3.63, 3.8) is 0 Å². The Morgan fingerprint density at radius 2 is 1.33 bits per heavy atom. The van der Waals surface area contributed by atoms with Crippen molar-refractivity contribution < 1.29 is 0 Å². The zero-order valence-electron chi connectivity index (χ0n) is 13.4. The summed E-state index contributed by atoms with van der Waals surface area (Å²) in [6.07, 6.45) is 2.11. The van der Waals surface area contributed by atoms with E-state index in [1.165, 1.54) is 21.6 Å². The largest absolute Gasteiger partial charge is 0.307 e. The maximum absolute atomic E-state index is 3.59. The Morgan fingerprint density at radius 1 is 0.857 bits per heavy atom. The summed E-state index contributed by atoms with van der Waals surface area (Å²) in [5, 5.41) is 3.59. The highest BCUT2D eigenvalue weighted by Crippen LogP contribution is 2.26. The molecule has 1 unspecified atom stereocenters. The molecular formula is C19H25NS. The number of benzene rings is 2. The summed E-state index contributed by atoms with van der Waals surface area (Å²) in [5.74, 6) is 0.581. The van der Waals surface area contributed by atoms with Crippen LogP contribution in [0.3, 0.4) is 0 Å². The third-order valence-electron chi connectivity index (χ3n) is 3.79. The van der Waals surface area contributed by atoms with Gasteiger partial charge in [0, 0.05) is 4.90 Å². The SMILES string of the molecule is CCNC(c1ccc(SC)cc1)c1ccc(C(C)C)cc1. The third-order valence-corrected chi connectivity index (χ3v) is 4.54. The topological polar surface area (TPSA) is 12.0 Å². The van der Waals surface area contributed by atoms with E-state index in [0.29, 0.717) is 5.92 Å². The lowest BCUT2D eigenvalue weighted by Gasteiger charge is -2.20. The Balaban J connectivity index is 2.28. The van der Waals surface area contributed by atoms with Crippen molar-refractivity contribution >= 4 is 11.8 Å². The predicted octanol–water partition coefficient (Wildman–Crippen LogP) is 5.23. The van der Waals surface area contributed by atoms with Crippen LogP contribution in [0.4, 0.5) is 0 Å². The highest BCUT2D eigenvalue weighted by Gasteiger charge is 2.13. The monoisotopic (exact) mass is 299 g/mol. The van der Waals surface area contributed by atoms with E-state index < -0.39 is 0 Å². The Kier molecular flexibility index (Phi) is 5.89. The van der Waals surface area contributed by atoms with Gasteiger partial charge >= 0.3 is 0 Å². The molecule has 0 bridgehead atoms. The molecule has 0 saturated carbocycles. The Morgan fingerprint density at radius 3 is 1.76 bits per heavy atom. The highest BCUT2D eigenvalue weighted by molar-refractivity contribution is 7.98. The lowest BCUT2D eigenvalue weighted by Crippen LogP contribution is -2.21. The molecule has 2 heteroatoms. The zero-order chi connectivity index (χ0) is 15.2. The number of nitrogens with one attached hydrogen (secondary N) is 1. The van der Waals surface area contributed by atoms with Gasteiger partial charge in [-0.1, -0.05) is 57.2 Å². The molecule has 0 spiro atoms. The minimum atomic E-state index is 0.270. The molecule has 2 rings (SSSR count). The van der Waals surface area contributed by atoms with Gasteiger partial charge in [0.2, 0.25) is 0 Å². The average Bonchev–Trinajstić information content (AvgIpc) is 2.53. The summed E-state index contributed by atoms with van der Waals surface area (Å²) in [4.78, 5) is 1.31. The average molecular weight is 299 g/mol. The Bertz CT molecular complexity index is 543. The predicted molar refractivity (Wildman–Crippen MR) is 94.3 cm³/mol. The molecule has 112 valence electrons. The van der Waals surface area contributed by atoms with Gasteiger partial charge < -0.3 is 5.32 Å². The van der Waals surface area contributed by atoms with Gasteiger partial charge in [-0.2, -0.15) is 0 Å². The summed E-state index contributed by atoms with van der Waals surface area (Å²) < 4.78 is 0. The van der Waals surface area contributed by atoms with Gasteiger partial charge in [-0.3, -0.25) is 0 Å². The first-order valence-electron chi connectivity index (χ1n) is 7.63. The molecule has 0 aliphatic carbocycles. The van der Waals surface area contributed by atoms with Crippen molar-refractivity contribution in [3.8, 4) is 0 Å². The molecule has 0 aliphatic rings. The first kappa shape index (κ1) is 16.1. The molecule has 0 radical (unpaired) electrons. The molecule has 21 heavy (non-hydrogen) atoms.